The molecule has 0 radical (unpaired) electrons. The van der Waals surface area contributed by atoms with Crippen LogP contribution in [-0.2, 0) is 23.1 Å². The van der Waals surface area contributed by atoms with Crippen LogP contribution in [0, 0.1) is 18.8 Å². The number of amides is 1. The van der Waals surface area contributed by atoms with E-state index in [1.54, 1.807) is 24.9 Å². The number of aromatic nitrogens is 5. The average Bonchev–Trinajstić information content (AvgIpc) is 3.54. The molecule has 0 aliphatic heterocycles. The maximum Gasteiger partial charge on any atom is 0.407 e. The molecule has 1 amide bonds. The molecule has 2 aromatic heterocycles. The molecule has 0 unspecified atom stereocenters. The number of aryl methyl sites for hydroxylation is 2. The lowest BCUT2D eigenvalue weighted by molar-refractivity contribution is -0.143. The van der Waals surface area contributed by atoms with Gasteiger partial charge in [-0.05, 0) is 44.9 Å². The van der Waals surface area contributed by atoms with Gasteiger partial charge in [0.25, 0.3) is 0 Å². The van der Waals surface area contributed by atoms with Gasteiger partial charge in [0, 0.05) is 7.05 Å². The van der Waals surface area contributed by atoms with Crippen LogP contribution in [0.15, 0.2) is 6.20 Å². The van der Waals surface area contributed by atoms with Gasteiger partial charge in [0.15, 0.2) is 0 Å². The van der Waals surface area contributed by atoms with Gasteiger partial charge in [-0.25, -0.2) is 19.4 Å². The number of carbonyl (C=O) groups excluding carboxylic acids is 1. The van der Waals surface area contributed by atoms with E-state index in [0.29, 0.717) is 54.0 Å². The van der Waals surface area contributed by atoms with E-state index in [1.807, 2.05) is 0 Å². The first-order chi connectivity index (χ1) is 15.9. The number of rotatable bonds is 9. The summed E-state index contributed by atoms with van der Waals surface area (Å²) < 4.78 is 12.8. The second-order valence-electron chi connectivity index (χ2n) is 8.82. The molecule has 2 aromatic rings. The van der Waals surface area contributed by atoms with E-state index in [-0.39, 0.29) is 18.6 Å². The van der Waals surface area contributed by atoms with Gasteiger partial charge in [-0.15, -0.1) is 5.10 Å². The number of carbonyl (C=O) groups is 2. The Balaban J connectivity index is 1.38. The quantitative estimate of drug-likeness (QED) is 0.580. The Morgan fingerprint density at radius 2 is 2.09 bits per heavy atom. The molecule has 0 spiro atoms. The SMILES string of the molecule is Cc1nc(-c2nnn(C)c2CNC(=O)OCCC2CC2)cnc1O[C@H]1CCC[C@H](C(=O)O)C1. The minimum atomic E-state index is -0.781. The zero-order chi connectivity index (χ0) is 23.4. The van der Waals surface area contributed by atoms with Crippen molar-refractivity contribution in [2.24, 2.45) is 18.9 Å². The Hall–Kier alpha value is -3.24. The molecule has 2 atom stereocenters. The van der Waals surface area contributed by atoms with Gasteiger partial charge in [-0.2, -0.15) is 0 Å². The van der Waals surface area contributed by atoms with Gasteiger partial charge < -0.3 is 19.9 Å². The second kappa shape index (κ2) is 10.1. The molecule has 2 fully saturated rings. The Morgan fingerprint density at radius 1 is 1.27 bits per heavy atom. The minimum Gasteiger partial charge on any atom is -0.481 e. The molecule has 33 heavy (non-hydrogen) atoms. The molecule has 11 nitrogen and oxygen atoms in total. The Labute approximate surface area is 191 Å². The van der Waals surface area contributed by atoms with Gasteiger partial charge in [0.05, 0.1) is 31.0 Å². The lowest BCUT2D eigenvalue weighted by atomic mass is 9.87. The molecular formula is C22H30N6O5. The molecule has 0 aromatic carbocycles. The topological polar surface area (TPSA) is 141 Å². The maximum atomic E-state index is 12.0. The molecule has 2 aliphatic carbocycles. The first kappa shape index (κ1) is 22.9. The van der Waals surface area contributed by atoms with E-state index >= 15 is 0 Å². The first-order valence-corrected chi connectivity index (χ1v) is 11.4. The van der Waals surface area contributed by atoms with E-state index in [2.05, 4.69) is 25.6 Å². The van der Waals surface area contributed by atoms with Gasteiger partial charge in [0.2, 0.25) is 5.88 Å². The number of hydrogen-bond donors (Lipinski definition) is 2. The van der Waals surface area contributed by atoms with Crippen molar-refractivity contribution < 1.29 is 24.2 Å². The fraction of sp³-hybridized carbons (Fsp3) is 0.636. The fourth-order valence-electron chi connectivity index (χ4n) is 4.04. The summed E-state index contributed by atoms with van der Waals surface area (Å²) in [4.78, 5) is 32.3. The van der Waals surface area contributed by atoms with Crippen LogP contribution in [0.5, 0.6) is 5.88 Å². The maximum absolute atomic E-state index is 12.0. The fourth-order valence-corrected chi connectivity index (χ4v) is 4.04. The molecule has 0 saturated heterocycles. The summed E-state index contributed by atoms with van der Waals surface area (Å²) in [6.07, 6.45) is 7.00. The van der Waals surface area contributed by atoms with Crippen LogP contribution in [0.1, 0.15) is 56.3 Å². The highest BCUT2D eigenvalue weighted by molar-refractivity contribution is 5.70. The standard InChI is InChI=1S/C22H30N6O5/c1-13-20(33-16-5-3-4-15(10-16)21(29)30)23-11-17(25-13)19-18(28(2)27-26-19)12-24-22(31)32-9-8-14-6-7-14/h11,14-16H,3-10,12H2,1-2H3,(H,24,31)(H,29,30)/t15-,16-/m0/s1. The summed E-state index contributed by atoms with van der Waals surface area (Å²) in [6, 6.07) is 0. The van der Waals surface area contributed by atoms with Crippen molar-refractivity contribution >= 4 is 12.1 Å². The molecule has 2 saturated carbocycles. The third kappa shape index (κ3) is 5.96. The van der Waals surface area contributed by atoms with E-state index < -0.39 is 12.1 Å². The number of carboxylic acids is 1. The largest absolute Gasteiger partial charge is 0.481 e. The Morgan fingerprint density at radius 3 is 2.82 bits per heavy atom. The van der Waals surface area contributed by atoms with E-state index in [4.69, 9.17) is 9.47 Å². The van der Waals surface area contributed by atoms with Gasteiger partial charge >= 0.3 is 12.1 Å². The van der Waals surface area contributed by atoms with Crippen molar-refractivity contribution in [2.75, 3.05) is 6.61 Å². The van der Waals surface area contributed by atoms with Crippen molar-refractivity contribution in [1.29, 1.82) is 0 Å². The van der Waals surface area contributed by atoms with Crippen molar-refractivity contribution in [3.8, 4) is 17.3 Å². The van der Waals surface area contributed by atoms with Gasteiger partial charge in [-0.3, -0.25) is 4.79 Å². The minimum absolute atomic E-state index is 0.193. The van der Waals surface area contributed by atoms with Crippen molar-refractivity contribution in [3.05, 3.63) is 17.6 Å². The first-order valence-electron chi connectivity index (χ1n) is 11.4. The zero-order valence-electron chi connectivity index (χ0n) is 19.0. The summed E-state index contributed by atoms with van der Waals surface area (Å²) in [7, 11) is 1.74. The number of ether oxygens (including phenoxy) is 2. The van der Waals surface area contributed by atoms with E-state index in [0.717, 1.165) is 19.3 Å². The molecule has 2 heterocycles. The number of hydrogen-bond acceptors (Lipinski definition) is 8. The molecule has 2 N–H and O–H groups in total. The lowest BCUT2D eigenvalue weighted by Gasteiger charge is -2.27. The van der Waals surface area contributed by atoms with Crippen LogP contribution in [-0.4, -0.2) is 54.8 Å². The number of alkyl carbamates (subject to hydrolysis) is 1. The van der Waals surface area contributed by atoms with Crippen molar-refractivity contribution in [1.82, 2.24) is 30.3 Å². The van der Waals surface area contributed by atoms with Gasteiger partial charge in [-0.1, -0.05) is 18.1 Å². The van der Waals surface area contributed by atoms with Crippen molar-refractivity contribution in [2.45, 2.75) is 64.5 Å². The lowest BCUT2D eigenvalue weighted by Crippen LogP contribution is -2.30. The summed E-state index contributed by atoms with van der Waals surface area (Å²) in [5.41, 5.74) is 2.28. The predicted molar refractivity (Wildman–Crippen MR) is 116 cm³/mol. The normalized spacial score (nSPS) is 20.3. The highest BCUT2D eigenvalue weighted by atomic mass is 16.5. The molecule has 4 rings (SSSR count). The van der Waals surface area contributed by atoms with Crippen LogP contribution < -0.4 is 10.1 Å². The highest BCUT2D eigenvalue weighted by Gasteiger charge is 2.29. The predicted octanol–water partition coefficient (Wildman–Crippen LogP) is 2.63. The van der Waals surface area contributed by atoms with Crippen molar-refractivity contribution in [3.63, 3.8) is 0 Å². The Kier molecular flexibility index (Phi) is 7.05. The van der Waals surface area contributed by atoms with E-state index in [9.17, 15) is 14.7 Å². The molecule has 0 bridgehead atoms. The molecular weight excluding hydrogens is 428 g/mol. The summed E-state index contributed by atoms with van der Waals surface area (Å²) in [5, 5.41) is 20.3. The highest BCUT2D eigenvalue weighted by Crippen LogP contribution is 2.32. The summed E-state index contributed by atoms with van der Waals surface area (Å²) >= 11 is 0. The van der Waals surface area contributed by atoms with Crippen LogP contribution in [0.25, 0.3) is 11.4 Å². The van der Waals surface area contributed by atoms with Crippen LogP contribution in [0.4, 0.5) is 4.79 Å². The number of nitrogens with one attached hydrogen (secondary N) is 1. The number of aliphatic carboxylic acids is 1. The summed E-state index contributed by atoms with van der Waals surface area (Å²) in [5.74, 6) is -0.0721. The van der Waals surface area contributed by atoms with Gasteiger partial charge in [0.1, 0.15) is 23.2 Å². The Bertz CT molecular complexity index is 1010. The third-order valence-electron chi connectivity index (χ3n) is 6.20. The van der Waals surface area contributed by atoms with Crippen LogP contribution in [0.2, 0.25) is 0 Å². The number of nitrogens with zero attached hydrogens (tertiary/aromatic N) is 5. The van der Waals surface area contributed by atoms with E-state index in [1.165, 1.54) is 12.8 Å². The monoisotopic (exact) mass is 458 g/mol. The zero-order valence-corrected chi connectivity index (χ0v) is 19.0. The second-order valence-corrected chi connectivity index (χ2v) is 8.82. The molecule has 178 valence electrons. The third-order valence-corrected chi connectivity index (χ3v) is 6.20. The van der Waals surface area contributed by atoms with Crippen LogP contribution >= 0.6 is 0 Å². The molecule has 2 aliphatic rings. The smallest absolute Gasteiger partial charge is 0.407 e. The number of carboxylic acid groups (broad SMARTS) is 1. The summed E-state index contributed by atoms with van der Waals surface area (Å²) in [6.45, 7) is 2.40. The average molecular weight is 459 g/mol. The molecule has 11 heteroatoms. The van der Waals surface area contributed by atoms with Crippen LogP contribution in [0.3, 0.4) is 0 Å².